The largest absolute Gasteiger partial charge is 0.315 e. The van der Waals surface area contributed by atoms with Crippen LogP contribution in [0.2, 0.25) is 0 Å². The first-order chi connectivity index (χ1) is 7.50. The standard InChI is InChI=1S/C10H24N4S/c1-2-12-4-6-14-8-10-15-9-7-13-5-3-11-1/h11-14H,1-10H2. The molecule has 0 aromatic carbocycles. The SMILES string of the molecule is C1CNCCNCCSCCNCCN1. The molecule has 0 atom stereocenters. The number of hydrogen-bond acceptors (Lipinski definition) is 5. The van der Waals surface area contributed by atoms with Crippen LogP contribution in [-0.2, 0) is 0 Å². The molecule has 0 aliphatic carbocycles. The third kappa shape index (κ3) is 9.14. The number of rotatable bonds is 0. The highest BCUT2D eigenvalue weighted by atomic mass is 32.2. The maximum atomic E-state index is 3.43. The first kappa shape index (κ1) is 13.3. The van der Waals surface area contributed by atoms with Crippen LogP contribution in [0.5, 0.6) is 0 Å². The zero-order valence-electron chi connectivity index (χ0n) is 9.48. The van der Waals surface area contributed by atoms with E-state index in [9.17, 15) is 0 Å². The van der Waals surface area contributed by atoms with Crippen molar-refractivity contribution in [2.24, 2.45) is 0 Å². The summed E-state index contributed by atoms with van der Waals surface area (Å²) in [7, 11) is 0. The molecule has 1 aliphatic rings. The van der Waals surface area contributed by atoms with Crippen LogP contribution in [0, 0.1) is 0 Å². The van der Waals surface area contributed by atoms with Gasteiger partial charge in [-0.25, -0.2) is 0 Å². The fourth-order valence-corrected chi connectivity index (χ4v) is 2.20. The maximum absolute atomic E-state index is 3.43. The van der Waals surface area contributed by atoms with Crippen molar-refractivity contribution < 1.29 is 0 Å². The quantitative estimate of drug-likeness (QED) is 0.436. The molecule has 0 aromatic heterocycles. The van der Waals surface area contributed by atoms with Crippen LogP contribution in [-0.4, -0.2) is 63.9 Å². The summed E-state index contributed by atoms with van der Waals surface area (Å²) < 4.78 is 0. The minimum absolute atomic E-state index is 1.07. The summed E-state index contributed by atoms with van der Waals surface area (Å²) in [5.74, 6) is 2.44. The van der Waals surface area contributed by atoms with Gasteiger partial charge in [0.15, 0.2) is 0 Å². The molecule has 90 valence electrons. The Hall–Kier alpha value is 0.190. The highest BCUT2D eigenvalue weighted by molar-refractivity contribution is 7.99. The van der Waals surface area contributed by atoms with Gasteiger partial charge < -0.3 is 21.3 Å². The minimum Gasteiger partial charge on any atom is -0.315 e. The van der Waals surface area contributed by atoms with Crippen LogP contribution in [0.4, 0.5) is 0 Å². The van der Waals surface area contributed by atoms with Crippen molar-refractivity contribution in [3.05, 3.63) is 0 Å². The van der Waals surface area contributed by atoms with E-state index in [2.05, 4.69) is 21.3 Å². The lowest BCUT2D eigenvalue weighted by molar-refractivity contribution is 0.577. The third-order valence-corrected chi connectivity index (χ3v) is 3.27. The molecule has 0 spiro atoms. The van der Waals surface area contributed by atoms with Gasteiger partial charge in [-0.05, 0) is 0 Å². The molecule has 0 unspecified atom stereocenters. The summed E-state index contributed by atoms with van der Waals surface area (Å²) in [6.45, 7) is 8.70. The maximum Gasteiger partial charge on any atom is 0.00772 e. The molecule has 0 radical (unpaired) electrons. The topological polar surface area (TPSA) is 48.1 Å². The lowest BCUT2D eigenvalue weighted by atomic mass is 10.5. The van der Waals surface area contributed by atoms with E-state index in [4.69, 9.17) is 0 Å². The summed E-state index contributed by atoms with van der Waals surface area (Å²) in [6.07, 6.45) is 0. The average molecular weight is 232 g/mol. The van der Waals surface area contributed by atoms with Crippen molar-refractivity contribution >= 4 is 11.8 Å². The molecule has 1 aliphatic heterocycles. The molecule has 0 bridgehead atoms. The summed E-state index contributed by atoms with van der Waals surface area (Å²) in [4.78, 5) is 0. The second-order valence-electron chi connectivity index (χ2n) is 3.61. The lowest BCUT2D eigenvalue weighted by Gasteiger charge is -2.06. The summed E-state index contributed by atoms with van der Waals surface area (Å²) in [5.41, 5.74) is 0. The Balaban J connectivity index is 2.01. The molecule has 1 fully saturated rings. The van der Waals surface area contributed by atoms with Crippen molar-refractivity contribution in [1.82, 2.24) is 21.3 Å². The Morgan fingerprint density at radius 1 is 0.467 bits per heavy atom. The predicted octanol–water partition coefficient (Wildman–Crippen LogP) is -0.908. The van der Waals surface area contributed by atoms with Gasteiger partial charge in [0, 0.05) is 63.9 Å². The first-order valence-electron chi connectivity index (χ1n) is 5.91. The van der Waals surface area contributed by atoms with Crippen molar-refractivity contribution in [3.8, 4) is 0 Å². The van der Waals surface area contributed by atoms with Gasteiger partial charge in [-0.15, -0.1) is 0 Å². The Morgan fingerprint density at radius 2 is 0.800 bits per heavy atom. The Morgan fingerprint density at radius 3 is 1.20 bits per heavy atom. The molecular weight excluding hydrogens is 208 g/mol. The highest BCUT2D eigenvalue weighted by Gasteiger charge is 1.93. The molecule has 0 amide bonds. The van der Waals surface area contributed by atoms with E-state index < -0.39 is 0 Å². The van der Waals surface area contributed by atoms with Crippen molar-refractivity contribution in [1.29, 1.82) is 0 Å². The second-order valence-corrected chi connectivity index (χ2v) is 4.84. The van der Waals surface area contributed by atoms with E-state index in [0.717, 1.165) is 52.4 Å². The number of nitrogens with one attached hydrogen (secondary N) is 4. The van der Waals surface area contributed by atoms with Crippen LogP contribution in [0.15, 0.2) is 0 Å². The normalized spacial score (nSPS) is 24.0. The fourth-order valence-electron chi connectivity index (χ4n) is 1.42. The summed E-state index contributed by atoms with van der Waals surface area (Å²) >= 11 is 2.02. The number of hydrogen-bond donors (Lipinski definition) is 4. The van der Waals surface area contributed by atoms with Crippen LogP contribution in [0.3, 0.4) is 0 Å². The van der Waals surface area contributed by atoms with Gasteiger partial charge in [0.25, 0.3) is 0 Å². The van der Waals surface area contributed by atoms with Gasteiger partial charge >= 0.3 is 0 Å². The third-order valence-electron chi connectivity index (χ3n) is 2.28. The predicted molar refractivity (Wildman–Crippen MR) is 68.8 cm³/mol. The minimum atomic E-state index is 1.07. The van der Waals surface area contributed by atoms with E-state index in [1.807, 2.05) is 11.8 Å². The van der Waals surface area contributed by atoms with Crippen LogP contribution >= 0.6 is 11.8 Å². The van der Waals surface area contributed by atoms with E-state index in [1.165, 1.54) is 11.5 Å². The summed E-state index contributed by atoms with van der Waals surface area (Å²) in [5, 5.41) is 13.7. The Labute approximate surface area is 97.3 Å². The Kier molecular flexibility index (Phi) is 9.46. The Bertz CT molecular complexity index is 76.0. The van der Waals surface area contributed by atoms with Gasteiger partial charge in [0.2, 0.25) is 0 Å². The average Bonchev–Trinajstić information content (AvgIpc) is 2.27. The van der Waals surface area contributed by atoms with E-state index in [1.54, 1.807) is 0 Å². The van der Waals surface area contributed by atoms with Gasteiger partial charge in [0.05, 0.1) is 0 Å². The molecular formula is C10H24N4S. The highest BCUT2D eigenvalue weighted by Crippen LogP contribution is 1.95. The van der Waals surface area contributed by atoms with Crippen molar-refractivity contribution in [2.45, 2.75) is 0 Å². The van der Waals surface area contributed by atoms with Gasteiger partial charge in [0.1, 0.15) is 0 Å². The molecule has 1 rings (SSSR count). The number of thioether (sulfide) groups is 1. The van der Waals surface area contributed by atoms with Crippen LogP contribution in [0.25, 0.3) is 0 Å². The molecule has 4 nitrogen and oxygen atoms in total. The van der Waals surface area contributed by atoms with Crippen LogP contribution in [0.1, 0.15) is 0 Å². The molecule has 4 N–H and O–H groups in total. The second kappa shape index (κ2) is 10.7. The van der Waals surface area contributed by atoms with E-state index >= 15 is 0 Å². The smallest absolute Gasteiger partial charge is 0.00772 e. The molecule has 0 saturated carbocycles. The zero-order valence-corrected chi connectivity index (χ0v) is 10.3. The van der Waals surface area contributed by atoms with Crippen LogP contribution < -0.4 is 21.3 Å². The zero-order chi connectivity index (χ0) is 10.6. The molecule has 1 heterocycles. The lowest BCUT2D eigenvalue weighted by Crippen LogP contribution is -2.35. The van der Waals surface area contributed by atoms with Gasteiger partial charge in [-0.3, -0.25) is 0 Å². The van der Waals surface area contributed by atoms with Crippen molar-refractivity contribution in [3.63, 3.8) is 0 Å². The summed E-state index contributed by atoms with van der Waals surface area (Å²) in [6, 6.07) is 0. The monoisotopic (exact) mass is 232 g/mol. The molecule has 1 saturated heterocycles. The van der Waals surface area contributed by atoms with Gasteiger partial charge in [-0.1, -0.05) is 0 Å². The van der Waals surface area contributed by atoms with Crippen molar-refractivity contribution in [2.75, 3.05) is 63.9 Å². The molecule has 15 heavy (non-hydrogen) atoms. The molecule has 5 heteroatoms. The fraction of sp³-hybridized carbons (Fsp3) is 1.00. The molecule has 0 aromatic rings. The van der Waals surface area contributed by atoms with E-state index in [-0.39, 0.29) is 0 Å². The van der Waals surface area contributed by atoms with E-state index in [0.29, 0.717) is 0 Å². The van der Waals surface area contributed by atoms with Gasteiger partial charge in [-0.2, -0.15) is 11.8 Å². The first-order valence-corrected chi connectivity index (χ1v) is 7.06.